The fourth-order valence-corrected chi connectivity index (χ4v) is 3.58. The number of halogens is 1. The van der Waals surface area contributed by atoms with Gasteiger partial charge < -0.3 is 9.67 Å². The number of nitrogens with zero attached hydrogens (tertiary/aromatic N) is 5. The molecule has 0 aliphatic rings. The van der Waals surface area contributed by atoms with Crippen LogP contribution in [0, 0.1) is 17.1 Å². The summed E-state index contributed by atoms with van der Waals surface area (Å²) in [6.45, 7) is 0. The van der Waals surface area contributed by atoms with Gasteiger partial charge in [0.15, 0.2) is 11.6 Å². The van der Waals surface area contributed by atoms with Gasteiger partial charge in [0, 0.05) is 7.05 Å². The molecule has 2 aromatic carbocycles. The van der Waals surface area contributed by atoms with Gasteiger partial charge in [-0.05, 0) is 24.3 Å². The number of aromatic nitrogens is 5. The monoisotopic (exact) mass is 406 g/mol. The second-order valence-corrected chi connectivity index (χ2v) is 7.09. The molecule has 9 heteroatoms. The number of allylic oxidation sites excluding steroid dienone is 1. The SMILES string of the molecule is Cn1c(/C(C#N)=C(/O)CSc2n[nH]c(-c3ccccc3F)n2)nc2ccccc21. The zero-order chi connectivity index (χ0) is 20.4. The first kappa shape index (κ1) is 18.7. The minimum atomic E-state index is -0.406. The predicted molar refractivity (Wildman–Crippen MR) is 108 cm³/mol. The number of imidazole rings is 1. The second kappa shape index (κ2) is 7.77. The number of para-hydroxylation sites is 2. The van der Waals surface area contributed by atoms with Crippen LogP contribution in [-0.2, 0) is 7.05 Å². The van der Waals surface area contributed by atoms with Gasteiger partial charge in [-0.1, -0.05) is 36.0 Å². The molecule has 4 aromatic rings. The van der Waals surface area contributed by atoms with Crippen LogP contribution in [0.1, 0.15) is 5.82 Å². The van der Waals surface area contributed by atoms with Crippen LogP contribution in [0.25, 0.3) is 28.0 Å². The van der Waals surface area contributed by atoms with Crippen molar-refractivity contribution in [2.45, 2.75) is 5.16 Å². The third-order valence-corrected chi connectivity index (χ3v) is 5.20. The third kappa shape index (κ3) is 3.58. The Morgan fingerprint density at radius 2 is 1.97 bits per heavy atom. The number of fused-ring (bicyclic) bond motifs is 1. The molecule has 4 rings (SSSR count). The summed E-state index contributed by atoms with van der Waals surface area (Å²) in [6.07, 6.45) is 0. The molecule has 144 valence electrons. The van der Waals surface area contributed by atoms with Crippen molar-refractivity contribution in [2.24, 2.45) is 7.05 Å². The van der Waals surface area contributed by atoms with Crippen molar-refractivity contribution in [1.82, 2.24) is 24.7 Å². The van der Waals surface area contributed by atoms with Gasteiger partial charge in [-0.15, -0.1) is 5.10 Å². The average Bonchev–Trinajstić information content (AvgIpc) is 3.33. The number of thioether (sulfide) groups is 1. The minimum Gasteiger partial charge on any atom is -0.510 e. The number of nitriles is 1. The van der Waals surface area contributed by atoms with E-state index < -0.39 is 5.82 Å². The van der Waals surface area contributed by atoms with Crippen LogP contribution in [0.15, 0.2) is 59.4 Å². The van der Waals surface area contributed by atoms with Gasteiger partial charge in [0.25, 0.3) is 0 Å². The fraction of sp³-hybridized carbons (Fsp3) is 0.100. The largest absolute Gasteiger partial charge is 0.510 e. The molecule has 0 saturated heterocycles. The van der Waals surface area contributed by atoms with Crippen LogP contribution in [0.4, 0.5) is 4.39 Å². The zero-order valence-electron chi connectivity index (χ0n) is 15.3. The molecule has 0 aliphatic heterocycles. The summed E-state index contributed by atoms with van der Waals surface area (Å²) in [5, 5.41) is 27.1. The Kier molecular flexibility index (Phi) is 5.01. The maximum absolute atomic E-state index is 13.9. The summed E-state index contributed by atoms with van der Waals surface area (Å²) in [6, 6.07) is 15.8. The first-order valence-corrected chi connectivity index (χ1v) is 9.61. The molecule has 2 heterocycles. The van der Waals surface area contributed by atoms with Crippen molar-refractivity contribution >= 4 is 28.4 Å². The van der Waals surface area contributed by atoms with Crippen LogP contribution in [-0.4, -0.2) is 35.6 Å². The Bertz CT molecular complexity index is 1270. The normalized spacial score (nSPS) is 12.0. The number of aromatic amines is 1. The first-order chi connectivity index (χ1) is 14.1. The quantitative estimate of drug-likeness (QED) is 0.294. The Hall–Kier alpha value is -3.64. The minimum absolute atomic E-state index is 0.0701. The molecule has 0 unspecified atom stereocenters. The highest BCUT2D eigenvalue weighted by Crippen LogP contribution is 2.26. The maximum atomic E-state index is 13.9. The number of H-pyrrole nitrogens is 1. The molecule has 0 radical (unpaired) electrons. The molecule has 0 saturated carbocycles. The fourth-order valence-electron chi connectivity index (χ4n) is 2.90. The molecular weight excluding hydrogens is 391 g/mol. The maximum Gasteiger partial charge on any atom is 0.209 e. The van der Waals surface area contributed by atoms with Gasteiger partial charge in [-0.2, -0.15) is 5.26 Å². The number of aliphatic hydroxyl groups excluding tert-OH is 1. The highest BCUT2D eigenvalue weighted by Gasteiger charge is 2.17. The molecule has 0 amide bonds. The number of hydrogen-bond acceptors (Lipinski definition) is 6. The van der Waals surface area contributed by atoms with E-state index in [0.29, 0.717) is 22.4 Å². The van der Waals surface area contributed by atoms with Crippen molar-refractivity contribution in [3.05, 3.63) is 65.9 Å². The van der Waals surface area contributed by atoms with Crippen molar-refractivity contribution in [2.75, 3.05) is 5.75 Å². The van der Waals surface area contributed by atoms with E-state index in [4.69, 9.17) is 0 Å². The van der Waals surface area contributed by atoms with Gasteiger partial charge in [0.2, 0.25) is 5.16 Å². The summed E-state index contributed by atoms with van der Waals surface area (Å²) >= 11 is 1.13. The topological polar surface area (TPSA) is 103 Å². The highest BCUT2D eigenvalue weighted by atomic mass is 32.2. The Labute approximate surface area is 169 Å². The predicted octanol–water partition coefficient (Wildman–Crippen LogP) is 4.08. The lowest BCUT2D eigenvalue weighted by Gasteiger charge is -2.04. The lowest BCUT2D eigenvalue weighted by atomic mass is 10.2. The summed E-state index contributed by atoms with van der Waals surface area (Å²) in [7, 11) is 1.79. The summed E-state index contributed by atoms with van der Waals surface area (Å²) in [4.78, 5) is 8.69. The molecule has 7 nitrogen and oxygen atoms in total. The van der Waals surface area contributed by atoms with Crippen LogP contribution < -0.4 is 0 Å². The molecule has 2 N–H and O–H groups in total. The van der Waals surface area contributed by atoms with Gasteiger partial charge >= 0.3 is 0 Å². The van der Waals surface area contributed by atoms with Crippen LogP contribution >= 0.6 is 11.8 Å². The number of nitrogens with one attached hydrogen (secondary N) is 1. The highest BCUT2D eigenvalue weighted by molar-refractivity contribution is 7.99. The smallest absolute Gasteiger partial charge is 0.209 e. The molecule has 29 heavy (non-hydrogen) atoms. The van der Waals surface area contributed by atoms with Crippen LogP contribution in [0.5, 0.6) is 0 Å². The molecule has 0 bridgehead atoms. The van der Waals surface area contributed by atoms with Gasteiger partial charge in [-0.25, -0.2) is 14.4 Å². The molecule has 0 atom stereocenters. The molecule has 0 spiro atoms. The van der Waals surface area contributed by atoms with E-state index in [9.17, 15) is 14.8 Å². The van der Waals surface area contributed by atoms with E-state index in [1.807, 2.05) is 30.3 Å². The lowest BCUT2D eigenvalue weighted by molar-refractivity contribution is 0.420. The molecule has 2 aromatic heterocycles. The Morgan fingerprint density at radius 1 is 1.21 bits per heavy atom. The van der Waals surface area contributed by atoms with Gasteiger partial charge in [0.1, 0.15) is 23.2 Å². The number of benzene rings is 2. The molecular formula is C20H15FN6OS. The summed E-state index contributed by atoms with van der Waals surface area (Å²) in [5.74, 6) is 0.212. The van der Waals surface area contributed by atoms with Crippen molar-refractivity contribution in [1.29, 1.82) is 5.26 Å². The van der Waals surface area contributed by atoms with E-state index >= 15 is 0 Å². The van der Waals surface area contributed by atoms with Crippen molar-refractivity contribution in [3.63, 3.8) is 0 Å². The van der Waals surface area contributed by atoms with Gasteiger partial charge in [-0.3, -0.25) is 5.10 Å². The second-order valence-electron chi connectivity index (χ2n) is 6.15. The van der Waals surface area contributed by atoms with Crippen LogP contribution in [0.2, 0.25) is 0 Å². The van der Waals surface area contributed by atoms with Gasteiger partial charge in [0.05, 0.1) is 22.3 Å². The summed E-state index contributed by atoms with van der Waals surface area (Å²) in [5.41, 5.74) is 1.99. The number of rotatable bonds is 5. The van der Waals surface area contributed by atoms with Crippen molar-refractivity contribution in [3.8, 4) is 17.5 Å². The Balaban J connectivity index is 1.57. The number of hydrogen-bond donors (Lipinski definition) is 2. The van der Waals surface area contributed by atoms with E-state index in [1.165, 1.54) is 6.07 Å². The first-order valence-electron chi connectivity index (χ1n) is 8.62. The van der Waals surface area contributed by atoms with E-state index in [1.54, 1.807) is 29.8 Å². The van der Waals surface area contributed by atoms with E-state index in [0.717, 1.165) is 22.8 Å². The van der Waals surface area contributed by atoms with E-state index in [-0.39, 0.29) is 17.1 Å². The average molecular weight is 406 g/mol. The number of aliphatic hydroxyl groups is 1. The molecule has 0 aliphatic carbocycles. The zero-order valence-corrected chi connectivity index (χ0v) is 16.1. The molecule has 0 fully saturated rings. The van der Waals surface area contributed by atoms with Crippen molar-refractivity contribution < 1.29 is 9.50 Å². The number of aryl methyl sites for hydroxylation is 1. The van der Waals surface area contributed by atoms with Crippen LogP contribution in [0.3, 0.4) is 0 Å². The lowest BCUT2D eigenvalue weighted by Crippen LogP contribution is -2.01. The summed E-state index contributed by atoms with van der Waals surface area (Å²) < 4.78 is 15.6. The third-order valence-electron chi connectivity index (χ3n) is 4.34. The standard InChI is InChI=1S/C20H15FN6OS/c1-27-16-9-5-4-8-15(16)23-19(27)13(10-22)17(28)11-29-20-24-18(25-26-20)12-6-2-3-7-14(12)21/h2-9,28H,11H2,1H3,(H,24,25,26)/b17-13+. The Morgan fingerprint density at radius 3 is 2.72 bits per heavy atom. The van der Waals surface area contributed by atoms with E-state index in [2.05, 4.69) is 20.2 Å².